The maximum Gasteiger partial charge on any atom is 0.490 e. The van der Waals surface area contributed by atoms with Crippen molar-refractivity contribution in [2.45, 2.75) is 19.6 Å². The molecule has 2 aromatic carbocycles. The lowest BCUT2D eigenvalue weighted by atomic mass is 10.0. The number of carbonyl (C=O) groups excluding carboxylic acids is 1. The van der Waals surface area contributed by atoms with Gasteiger partial charge in [-0.25, -0.2) is 23.2 Å². The first-order valence-corrected chi connectivity index (χ1v) is 10.1. The van der Waals surface area contributed by atoms with Gasteiger partial charge in [0.05, 0.1) is 11.8 Å². The van der Waals surface area contributed by atoms with Crippen molar-refractivity contribution in [1.82, 2.24) is 19.3 Å². The van der Waals surface area contributed by atoms with Crippen LogP contribution < -0.4 is 5.73 Å². The second-order valence-corrected chi connectivity index (χ2v) is 7.39. The minimum Gasteiger partial charge on any atom is -0.475 e. The van der Waals surface area contributed by atoms with Gasteiger partial charge in [-0.15, -0.1) is 0 Å². The lowest BCUT2D eigenvalue weighted by Gasteiger charge is -2.08. The number of imidazole rings is 1. The monoisotopic (exact) mass is 507 g/mol. The Bertz CT molecular complexity index is 1410. The van der Waals surface area contributed by atoms with E-state index in [1.807, 2.05) is 23.8 Å². The molecule has 0 unspecified atom stereocenters. The van der Waals surface area contributed by atoms with E-state index in [0.717, 1.165) is 28.2 Å². The molecule has 2 aromatic heterocycles. The minimum absolute atomic E-state index is 0.0173. The normalized spacial score (nSPS) is 11.1. The Hall–Kier alpha value is -4.55. The van der Waals surface area contributed by atoms with Crippen LogP contribution >= 0.6 is 0 Å². The van der Waals surface area contributed by atoms with E-state index in [4.69, 9.17) is 15.6 Å². The second-order valence-electron chi connectivity index (χ2n) is 7.39. The first-order valence-electron chi connectivity index (χ1n) is 10.1. The zero-order chi connectivity index (χ0) is 26.6. The number of benzene rings is 2. The standard InChI is InChI=1S/C21H17F2N5O.C2HF3O2/c1-13-25-7-8-27(13)12-14-3-2-4-15(9-14)20(29)17-11-26-28(21(17)24)19-6-5-16(22)10-18(19)23;3-2(4,5)1(6)7/h2-11H,12,24H2,1H3;(H,6,7). The summed E-state index contributed by atoms with van der Waals surface area (Å²) in [7, 11) is 0. The molecule has 0 saturated heterocycles. The van der Waals surface area contributed by atoms with Crippen molar-refractivity contribution < 1.29 is 36.6 Å². The van der Waals surface area contributed by atoms with E-state index in [1.54, 1.807) is 24.4 Å². The van der Waals surface area contributed by atoms with Crippen LogP contribution in [0.15, 0.2) is 61.1 Å². The Kier molecular flexibility index (Phi) is 7.51. The summed E-state index contributed by atoms with van der Waals surface area (Å²) < 4.78 is 62.0. The van der Waals surface area contributed by atoms with Crippen LogP contribution in [-0.4, -0.2) is 42.4 Å². The molecule has 0 radical (unpaired) electrons. The van der Waals surface area contributed by atoms with Crippen LogP contribution in [0.2, 0.25) is 0 Å². The molecule has 0 aliphatic rings. The van der Waals surface area contributed by atoms with E-state index in [9.17, 15) is 26.7 Å². The lowest BCUT2D eigenvalue weighted by Crippen LogP contribution is -2.21. The molecule has 0 amide bonds. The molecule has 13 heteroatoms. The van der Waals surface area contributed by atoms with Gasteiger partial charge in [-0.05, 0) is 30.7 Å². The molecular weight excluding hydrogens is 489 g/mol. The van der Waals surface area contributed by atoms with Crippen molar-refractivity contribution in [2.24, 2.45) is 0 Å². The molecule has 0 bridgehead atoms. The zero-order valence-corrected chi connectivity index (χ0v) is 18.5. The summed E-state index contributed by atoms with van der Waals surface area (Å²) in [6.45, 7) is 2.47. The van der Waals surface area contributed by atoms with Gasteiger partial charge in [0.2, 0.25) is 0 Å². The second kappa shape index (κ2) is 10.4. The molecule has 4 rings (SSSR count). The number of halogens is 5. The average molecular weight is 507 g/mol. The van der Waals surface area contributed by atoms with Crippen LogP contribution in [0.3, 0.4) is 0 Å². The summed E-state index contributed by atoms with van der Waals surface area (Å²) >= 11 is 0. The number of nitrogens with zero attached hydrogens (tertiary/aromatic N) is 4. The van der Waals surface area contributed by atoms with Crippen molar-refractivity contribution in [3.8, 4) is 5.69 Å². The topological polar surface area (TPSA) is 116 Å². The summed E-state index contributed by atoms with van der Waals surface area (Å²) in [5.74, 6) is -3.77. The Morgan fingerprint density at radius 1 is 1.11 bits per heavy atom. The third kappa shape index (κ3) is 5.92. The maximum atomic E-state index is 14.1. The number of carboxylic acids is 1. The van der Waals surface area contributed by atoms with Gasteiger partial charge in [0.1, 0.15) is 23.1 Å². The number of aliphatic carboxylic acids is 1. The number of aromatic nitrogens is 4. The number of carboxylic acid groups (broad SMARTS) is 1. The summed E-state index contributed by atoms with van der Waals surface area (Å²) in [4.78, 5) is 26.0. The average Bonchev–Trinajstić information content (AvgIpc) is 3.38. The number of ketones is 1. The van der Waals surface area contributed by atoms with Gasteiger partial charge in [-0.2, -0.15) is 18.3 Å². The van der Waals surface area contributed by atoms with E-state index in [2.05, 4.69) is 10.1 Å². The smallest absolute Gasteiger partial charge is 0.475 e. The quantitative estimate of drug-likeness (QED) is 0.310. The van der Waals surface area contributed by atoms with Gasteiger partial charge in [0, 0.05) is 30.6 Å². The van der Waals surface area contributed by atoms with E-state index < -0.39 is 23.8 Å². The van der Waals surface area contributed by atoms with Crippen molar-refractivity contribution in [3.63, 3.8) is 0 Å². The molecule has 0 aliphatic heterocycles. The number of anilines is 1. The summed E-state index contributed by atoms with van der Waals surface area (Å²) in [6.07, 6.45) is -0.218. The number of hydrogen-bond acceptors (Lipinski definition) is 5. The van der Waals surface area contributed by atoms with Gasteiger partial charge in [0.15, 0.2) is 11.6 Å². The number of nitrogens with two attached hydrogens (primary N) is 1. The Morgan fingerprint density at radius 3 is 2.39 bits per heavy atom. The fraction of sp³-hybridized carbons (Fsp3) is 0.130. The molecule has 2 heterocycles. The maximum absolute atomic E-state index is 14.1. The summed E-state index contributed by atoms with van der Waals surface area (Å²) in [6, 6.07) is 10.2. The number of hydrogen-bond donors (Lipinski definition) is 2. The number of nitrogen functional groups attached to an aromatic ring is 1. The molecule has 3 N–H and O–H groups in total. The highest BCUT2D eigenvalue weighted by molar-refractivity contribution is 6.11. The first-order chi connectivity index (χ1) is 16.9. The number of aryl methyl sites for hydroxylation is 1. The van der Waals surface area contributed by atoms with Crippen LogP contribution in [-0.2, 0) is 11.3 Å². The van der Waals surface area contributed by atoms with Crippen LogP contribution in [0, 0.1) is 18.6 Å². The largest absolute Gasteiger partial charge is 0.490 e. The fourth-order valence-corrected chi connectivity index (χ4v) is 3.11. The minimum atomic E-state index is -5.08. The number of rotatable bonds is 5. The van der Waals surface area contributed by atoms with E-state index in [1.165, 1.54) is 12.3 Å². The lowest BCUT2D eigenvalue weighted by molar-refractivity contribution is -0.192. The fourth-order valence-electron chi connectivity index (χ4n) is 3.11. The van der Waals surface area contributed by atoms with Crippen LogP contribution in [0.4, 0.5) is 27.8 Å². The number of alkyl halides is 3. The van der Waals surface area contributed by atoms with Crippen LogP contribution in [0.1, 0.15) is 27.3 Å². The number of carbonyl (C=O) groups is 2. The van der Waals surface area contributed by atoms with Gasteiger partial charge < -0.3 is 15.4 Å². The van der Waals surface area contributed by atoms with E-state index >= 15 is 0 Å². The molecule has 0 fully saturated rings. The molecule has 36 heavy (non-hydrogen) atoms. The Labute approximate surface area is 200 Å². The predicted octanol–water partition coefficient (Wildman–Crippen LogP) is 4.15. The van der Waals surface area contributed by atoms with E-state index in [0.29, 0.717) is 12.1 Å². The highest BCUT2D eigenvalue weighted by Gasteiger charge is 2.38. The molecule has 0 aliphatic carbocycles. The molecular formula is C23H18F5N5O3. The summed E-state index contributed by atoms with van der Waals surface area (Å²) in [5, 5.41) is 11.1. The predicted molar refractivity (Wildman–Crippen MR) is 118 cm³/mol. The van der Waals surface area contributed by atoms with E-state index in [-0.39, 0.29) is 22.9 Å². The molecule has 188 valence electrons. The highest BCUT2D eigenvalue weighted by Crippen LogP contribution is 2.23. The molecule has 0 saturated carbocycles. The third-order valence-electron chi connectivity index (χ3n) is 4.90. The van der Waals surface area contributed by atoms with Gasteiger partial charge in [-0.1, -0.05) is 18.2 Å². The van der Waals surface area contributed by atoms with Gasteiger partial charge in [0.25, 0.3) is 0 Å². The summed E-state index contributed by atoms with van der Waals surface area (Å²) in [5.41, 5.74) is 7.52. The van der Waals surface area contributed by atoms with Crippen molar-refractivity contribution >= 4 is 17.6 Å². The van der Waals surface area contributed by atoms with Crippen molar-refractivity contribution in [3.05, 3.63) is 95.2 Å². The SMILES string of the molecule is Cc1nccn1Cc1cccc(C(=O)c2cnn(-c3ccc(F)cc3F)c2N)c1.O=C(O)C(F)(F)F. The van der Waals surface area contributed by atoms with Gasteiger partial charge >= 0.3 is 12.1 Å². The van der Waals surface area contributed by atoms with Crippen LogP contribution in [0.5, 0.6) is 0 Å². The zero-order valence-electron chi connectivity index (χ0n) is 18.5. The molecule has 8 nitrogen and oxygen atoms in total. The van der Waals surface area contributed by atoms with Crippen LogP contribution in [0.25, 0.3) is 5.69 Å². The molecule has 0 atom stereocenters. The molecule has 0 spiro atoms. The van der Waals surface area contributed by atoms with Crippen molar-refractivity contribution in [1.29, 1.82) is 0 Å². The Morgan fingerprint density at radius 2 is 1.81 bits per heavy atom. The Balaban J connectivity index is 0.000000454. The van der Waals surface area contributed by atoms with Crippen molar-refractivity contribution in [2.75, 3.05) is 5.73 Å². The third-order valence-corrected chi connectivity index (χ3v) is 4.90. The van der Waals surface area contributed by atoms with Gasteiger partial charge in [-0.3, -0.25) is 4.79 Å². The highest BCUT2D eigenvalue weighted by atomic mass is 19.4. The first kappa shape index (κ1) is 26.1. The molecule has 4 aromatic rings.